The van der Waals surface area contributed by atoms with E-state index in [9.17, 15) is 4.79 Å². The first-order valence-electron chi connectivity index (χ1n) is 8.65. The van der Waals surface area contributed by atoms with E-state index in [1.165, 1.54) is 18.9 Å². The molecule has 0 unspecified atom stereocenters. The summed E-state index contributed by atoms with van der Waals surface area (Å²) in [5.74, 6) is 1.71. The minimum absolute atomic E-state index is 0.101. The fourth-order valence-electron chi connectivity index (χ4n) is 2.60. The molecule has 3 rings (SSSR count). The van der Waals surface area contributed by atoms with E-state index < -0.39 is 0 Å². The van der Waals surface area contributed by atoms with Gasteiger partial charge in [0.15, 0.2) is 16.7 Å². The molecule has 0 aliphatic rings. The maximum absolute atomic E-state index is 12.2. The summed E-state index contributed by atoms with van der Waals surface area (Å²) < 4.78 is 12.4. The SMILES string of the molecule is CCn1c(SCC(=O)Nc2ccccc2)nnc1-c1cnc(OC)c(OC)c1. The summed E-state index contributed by atoms with van der Waals surface area (Å²) in [4.78, 5) is 16.4. The van der Waals surface area contributed by atoms with Crippen LogP contribution in [0.2, 0.25) is 0 Å². The quantitative estimate of drug-likeness (QED) is 0.582. The molecule has 9 heteroatoms. The number of rotatable bonds is 8. The van der Waals surface area contributed by atoms with Crippen molar-refractivity contribution in [2.24, 2.45) is 0 Å². The Morgan fingerprint density at radius 1 is 1.18 bits per heavy atom. The van der Waals surface area contributed by atoms with Crippen molar-refractivity contribution in [1.29, 1.82) is 0 Å². The van der Waals surface area contributed by atoms with Crippen LogP contribution in [0.25, 0.3) is 11.4 Å². The summed E-state index contributed by atoms with van der Waals surface area (Å²) in [5.41, 5.74) is 1.52. The van der Waals surface area contributed by atoms with Gasteiger partial charge < -0.3 is 19.4 Å². The molecule has 3 aromatic rings. The van der Waals surface area contributed by atoms with Gasteiger partial charge in [0.25, 0.3) is 5.88 Å². The molecule has 1 amide bonds. The molecular weight excluding hydrogens is 378 g/mol. The zero-order chi connectivity index (χ0) is 19.9. The van der Waals surface area contributed by atoms with Crippen molar-refractivity contribution in [3.63, 3.8) is 0 Å². The lowest BCUT2D eigenvalue weighted by Crippen LogP contribution is -2.14. The van der Waals surface area contributed by atoms with E-state index in [1.54, 1.807) is 19.4 Å². The lowest BCUT2D eigenvalue weighted by Gasteiger charge is -2.10. The number of ether oxygens (including phenoxy) is 2. The molecule has 0 atom stereocenters. The van der Waals surface area contributed by atoms with Crippen molar-refractivity contribution < 1.29 is 14.3 Å². The molecule has 0 saturated carbocycles. The smallest absolute Gasteiger partial charge is 0.256 e. The number of hydrogen-bond acceptors (Lipinski definition) is 7. The summed E-state index contributed by atoms with van der Waals surface area (Å²) in [5, 5.41) is 12.0. The molecule has 0 spiro atoms. The Balaban J connectivity index is 1.74. The number of hydrogen-bond donors (Lipinski definition) is 1. The van der Waals surface area contributed by atoms with Crippen molar-refractivity contribution in [3.05, 3.63) is 42.6 Å². The van der Waals surface area contributed by atoms with Crippen molar-refractivity contribution in [2.75, 3.05) is 25.3 Å². The van der Waals surface area contributed by atoms with Gasteiger partial charge in [-0.3, -0.25) is 4.79 Å². The first-order chi connectivity index (χ1) is 13.7. The normalized spacial score (nSPS) is 10.5. The molecule has 2 aromatic heterocycles. The molecule has 0 fully saturated rings. The lowest BCUT2D eigenvalue weighted by molar-refractivity contribution is -0.113. The number of nitrogens with one attached hydrogen (secondary N) is 1. The van der Waals surface area contributed by atoms with Gasteiger partial charge in [-0.25, -0.2) is 4.98 Å². The number of carbonyl (C=O) groups excluding carboxylic acids is 1. The predicted octanol–water partition coefficient (Wildman–Crippen LogP) is 3.11. The molecule has 0 aliphatic heterocycles. The monoisotopic (exact) mass is 399 g/mol. The number of benzene rings is 1. The van der Waals surface area contributed by atoms with Crippen LogP contribution in [-0.4, -0.2) is 45.6 Å². The summed E-state index contributed by atoms with van der Waals surface area (Å²) >= 11 is 1.33. The van der Waals surface area contributed by atoms with Crippen LogP contribution in [0, 0.1) is 0 Å². The maximum atomic E-state index is 12.2. The van der Waals surface area contributed by atoms with Crippen LogP contribution >= 0.6 is 11.8 Å². The highest BCUT2D eigenvalue weighted by Crippen LogP contribution is 2.30. The molecule has 1 aromatic carbocycles. The highest BCUT2D eigenvalue weighted by molar-refractivity contribution is 7.99. The van der Waals surface area contributed by atoms with Crippen molar-refractivity contribution in [2.45, 2.75) is 18.6 Å². The van der Waals surface area contributed by atoms with Crippen LogP contribution in [0.15, 0.2) is 47.8 Å². The van der Waals surface area contributed by atoms with Crippen LogP contribution in [0.3, 0.4) is 0 Å². The van der Waals surface area contributed by atoms with E-state index in [2.05, 4.69) is 20.5 Å². The topological polar surface area (TPSA) is 91.2 Å². The van der Waals surface area contributed by atoms with Crippen molar-refractivity contribution >= 4 is 23.4 Å². The Bertz CT molecular complexity index is 946. The van der Waals surface area contributed by atoms with Crippen LogP contribution in [-0.2, 0) is 11.3 Å². The Morgan fingerprint density at radius 3 is 2.64 bits per heavy atom. The molecule has 0 bridgehead atoms. The van der Waals surface area contributed by atoms with E-state index in [0.29, 0.717) is 29.2 Å². The van der Waals surface area contributed by atoms with Crippen LogP contribution < -0.4 is 14.8 Å². The largest absolute Gasteiger partial charge is 0.491 e. The van der Waals surface area contributed by atoms with E-state index in [0.717, 1.165) is 11.3 Å². The zero-order valence-corrected chi connectivity index (χ0v) is 16.7. The maximum Gasteiger partial charge on any atom is 0.256 e. The van der Waals surface area contributed by atoms with Gasteiger partial charge in [0.05, 0.1) is 20.0 Å². The summed E-state index contributed by atoms with van der Waals surface area (Å²) in [7, 11) is 3.09. The Morgan fingerprint density at radius 2 is 1.96 bits per heavy atom. The van der Waals surface area contributed by atoms with Gasteiger partial charge in [0.2, 0.25) is 5.91 Å². The molecule has 2 heterocycles. The van der Waals surface area contributed by atoms with E-state index in [1.807, 2.05) is 41.8 Å². The molecule has 0 radical (unpaired) electrons. The third-order valence-corrected chi connectivity index (χ3v) is 4.88. The van der Waals surface area contributed by atoms with Gasteiger partial charge in [-0.05, 0) is 25.1 Å². The molecule has 8 nitrogen and oxygen atoms in total. The third kappa shape index (κ3) is 4.42. The van der Waals surface area contributed by atoms with Gasteiger partial charge in [0, 0.05) is 24.0 Å². The number of para-hydroxylation sites is 1. The summed E-state index contributed by atoms with van der Waals surface area (Å²) in [6.07, 6.45) is 1.66. The lowest BCUT2D eigenvalue weighted by atomic mass is 10.2. The average Bonchev–Trinajstić information content (AvgIpc) is 3.15. The van der Waals surface area contributed by atoms with Gasteiger partial charge in [0.1, 0.15) is 0 Å². The van der Waals surface area contributed by atoms with E-state index >= 15 is 0 Å². The predicted molar refractivity (Wildman–Crippen MR) is 108 cm³/mol. The second-order valence-electron chi connectivity index (χ2n) is 5.69. The molecular formula is C19H21N5O3S. The van der Waals surface area contributed by atoms with Crippen LogP contribution in [0.4, 0.5) is 5.69 Å². The van der Waals surface area contributed by atoms with Crippen molar-refractivity contribution in [1.82, 2.24) is 19.7 Å². The highest BCUT2D eigenvalue weighted by Gasteiger charge is 2.17. The standard InChI is InChI=1S/C19H21N5O3S/c1-4-24-17(13-10-15(26-2)18(27-3)20-11-13)22-23-19(24)28-12-16(25)21-14-8-6-5-7-9-14/h5-11H,4,12H2,1-3H3,(H,21,25). The number of thioether (sulfide) groups is 1. The fraction of sp³-hybridized carbons (Fsp3) is 0.263. The Hall–Kier alpha value is -3.07. The first-order valence-corrected chi connectivity index (χ1v) is 9.64. The van der Waals surface area contributed by atoms with Gasteiger partial charge in [-0.2, -0.15) is 0 Å². The third-order valence-electron chi connectivity index (χ3n) is 3.91. The molecule has 28 heavy (non-hydrogen) atoms. The number of pyridine rings is 1. The molecule has 0 aliphatic carbocycles. The van der Waals surface area contributed by atoms with Crippen LogP contribution in [0.1, 0.15) is 6.92 Å². The van der Waals surface area contributed by atoms with Gasteiger partial charge in [-0.15, -0.1) is 10.2 Å². The number of amides is 1. The van der Waals surface area contributed by atoms with E-state index in [-0.39, 0.29) is 11.7 Å². The minimum Gasteiger partial charge on any atom is -0.491 e. The second-order valence-corrected chi connectivity index (χ2v) is 6.63. The number of aromatic nitrogens is 4. The summed E-state index contributed by atoms with van der Waals surface area (Å²) in [6, 6.07) is 11.1. The van der Waals surface area contributed by atoms with Gasteiger partial charge >= 0.3 is 0 Å². The summed E-state index contributed by atoms with van der Waals surface area (Å²) in [6.45, 7) is 2.65. The molecule has 146 valence electrons. The minimum atomic E-state index is -0.101. The van der Waals surface area contributed by atoms with Gasteiger partial charge in [-0.1, -0.05) is 30.0 Å². The number of anilines is 1. The number of carbonyl (C=O) groups is 1. The first kappa shape index (κ1) is 19.7. The Labute approximate surface area is 167 Å². The number of methoxy groups -OCH3 is 2. The molecule has 0 saturated heterocycles. The Kier molecular flexibility index (Phi) is 6.49. The average molecular weight is 399 g/mol. The van der Waals surface area contributed by atoms with Crippen molar-refractivity contribution in [3.8, 4) is 23.0 Å². The molecule has 1 N–H and O–H groups in total. The fourth-order valence-corrected chi connectivity index (χ4v) is 3.40. The number of nitrogens with zero attached hydrogens (tertiary/aromatic N) is 4. The highest BCUT2D eigenvalue weighted by atomic mass is 32.2. The van der Waals surface area contributed by atoms with E-state index in [4.69, 9.17) is 9.47 Å². The zero-order valence-electron chi connectivity index (χ0n) is 15.9. The van der Waals surface area contributed by atoms with Crippen LogP contribution in [0.5, 0.6) is 11.6 Å². The second kappa shape index (κ2) is 9.23.